The molecule has 0 aliphatic heterocycles. The summed E-state index contributed by atoms with van der Waals surface area (Å²) >= 11 is 5.91. The van der Waals surface area contributed by atoms with Gasteiger partial charge in [0.2, 0.25) is 0 Å². The molecule has 0 bridgehead atoms. The minimum absolute atomic E-state index is 0.112. The third-order valence-corrected chi connectivity index (χ3v) is 3.59. The van der Waals surface area contributed by atoms with Gasteiger partial charge in [0.25, 0.3) is 0 Å². The van der Waals surface area contributed by atoms with E-state index >= 15 is 0 Å². The highest BCUT2D eigenvalue weighted by Gasteiger charge is 2.02. The van der Waals surface area contributed by atoms with Crippen molar-refractivity contribution < 1.29 is 5.11 Å². The van der Waals surface area contributed by atoms with Gasteiger partial charge in [-0.1, -0.05) is 54.1 Å². The lowest BCUT2D eigenvalue weighted by molar-refractivity contribution is 0.475. The van der Waals surface area contributed by atoms with Crippen molar-refractivity contribution >= 4 is 28.1 Å². The number of phenolic OH excluding ortho intramolecular Hbond substituents is 1. The molecule has 0 atom stereocenters. The lowest BCUT2D eigenvalue weighted by atomic mass is 10.1. The molecule has 0 heterocycles. The molecule has 0 radical (unpaired) electrons. The minimum Gasteiger partial charge on any atom is -0.506 e. The summed E-state index contributed by atoms with van der Waals surface area (Å²) in [6.45, 7) is 0.661. The van der Waals surface area contributed by atoms with Crippen LogP contribution in [0.5, 0.6) is 5.75 Å². The summed E-state index contributed by atoms with van der Waals surface area (Å²) in [5.74, 6) is 0.112. The molecule has 3 rings (SSSR count). The van der Waals surface area contributed by atoms with Crippen molar-refractivity contribution in [3.8, 4) is 5.75 Å². The Kier molecular flexibility index (Phi) is 3.48. The van der Waals surface area contributed by atoms with E-state index in [0.717, 1.165) is 11.3 Å². The first-order valence-electron chi connectivity index (χ1n) is 6.43. The standard InChI is InChI=1S/C17H14ClNO/c18-15-10-12(8-9-17(15)20)11-19-16-7-3-5-13-4-1-2-6-14(13)16/h1-10,19-20H,11H2. The summed E-state index contributed by atoms with van der Waals surface area (Å²) < 4.78 is 0. The highest BCUT2D eigenvalue weighted by Crippen LogP contribution is 2.26. The van der Waals surface area contributed by atoms with Crippen LogP contribution < -0.4 is 5.32 Å². The zero-order chi connectivity index (χ0) is 13.9. The largest absolute Gasteiger partial charge is 0.506 e. The van der Waals surface area contributed by atoms with E-state index in [1.54, 1.807) is 12.1 Å². The second-order valence-corrected chi connectivity index (χ2v) is 5.07. The second-order valence-electron chi connectivity index (χ2n) is 4.67. The quantitative estimate of drug-likeness (QED) is 0.723. The molecule has 0 saturated carbocycles. The molecule has 2 N–H and O–H groups in total. The Balaban J connectivity index is 1.85. The van der Waals surface area contributed by atoms with Gasteiger partial charge in [0.15, 0.2) is 0 Å². The molecule has 3 heteroatoms. The van der Waals surface area contributed by atoms with Crippen LogP contribution in [0.4, 0.5) is 5.69 Å². The monoisotopic (exact) mass is 283 g/mol. The smallest absolute Gasteiger partial charge is 0.134 e. The first-order valence-corrected chi connectivity index (χ1v) is 6.81. The van der Waals surface area contributed by atoms with Gasteiger partial charge in [0, 0.05) is 17.6 Å². The summed E-state index contributed by atoms with van der Waals surface area (Å²) in [6.07, 6.45) is 0. The normalized spacial score (nSPS) is 10.7. The molecule has 3 aromatic carbocycles. The van der Waals surface area contributed by atoms with E-state index < -0.39 is 0 Å². The number of fused-ring (bicyclic) bond motifs is 1. The topological polar surface area (TPSA) is 32.3 Å². The molecular formula is C17H14ClNO. The zero-order valence-electron chi connectivity index (χ0n) is 10.8. The van der Waals surface area contributed by atoms with Crippen LogP contribution in [0.1, 0.15) is 5.56 Å². The SMILES string of the molecule is Oc1ccc(CNc2cccc3ccccc23)cc1Cl. The number of aromatic hydroxyl groups is 1. The van der Waals surface area contributed by atoms with E-state index in [0.29, 0.717) is 11.6 Å². The van der Waals surface area contributed by atoms with Gasteiger partial charge in [-0.2, -0.15) is 0 Å². The average molecular weight is 284 g/mol. The van der Waals surface area contributed by atoms with Crippen molar-refractivity contribution in [3.05, 3.63) is 71.2 Å². The Bertz CT molecular complexity index is 750. The molecule has 2 nitrogen and oxygen atoms in total. The molecule has 0 amide bonds. The van der Waals surface area contributed by atoms with Crippen molar-refractivity contribution in [2.24, 2.45) is 0 Å². The number of rotatable bonds is 3. The fourth-order valence-corrected chi connectivity index (χ4v) is 2.44. The molecular weight excluding hydrogens is 270 g/mol. The van der Waals surface area contributed by atoms with Gasteiger partial charge in [-0.05, 0) is 29.1 Å². The first kappa shape index (κ1) is 12.8. The van der Waals surface area contributed by atoms with Crippen LogP contribution in [-0.2, 0) is 6.54 Å². The van der Waals surface area contributed by atoms with Gasteiger partial charge < -0.3 is 10.4 Å². The number of phenols is 1. The maximum atomic E-state index is 9.42. The van der Waals surface area contributed by atoms with Gasteiger partial charge >= 0.3 is 0 Å². The van der Waals surface area contributed by atoms with Gasteiger partial charge in [-0.25, -0.2) is 0 Å². The van der Waals surface area contributed by atoms with Crippen molar-refractivity contribution in [2.45, 2.75) is 6.54 Å². The van der Waals surface area contributed by atoms with Crippen molar-refractivity contribution in [3.63, 3.8) is 0 Å². The second kappa shape index (κ2) is 5.43. The van der Waals surface area contributed by atoms with Crippen molar-refractivity contribution in [2.75, 3.05) is 5.32 Å². The maximum Gasteiger partial charge on any atom is 0.134 e. The lowest BCUT2D eigenvalue weighted by Gasteiger charge is -2.10. The average Bonchev–Trinajstić information content (AvgIpc) is 2.48. The third kappa shape index (κ3) is 2.56. The summed E-state index contributed by atoms with van der Waals surface area (Å²) in [6, 6.07) is 19.7. The van der Waals surface area contributed by atoms with Gasteiger partial charge in [-0.3, -0.25) is 0 Å². The molecule has 3 aromatic rings. The fourth-order valence-electron chi connectivity index (χ4n) is 2.24. The van der Waals surface area contributed by atoms with Gasteiger partial charge in [0.1, 0.15) is 5.75 Å². The highest BCUT2D eigenvalue weighted by atomic mass is 35.5. The Hall–Kier alpha value is -2.19. The molecule has 0 spiro atoms. The number of anilines is 1. The van der Waals surface area contributed by atoms with E-state index in [1.807, 2.05) is 24.3 Å². The summed E-state index contributed by atoms with van der Waals surface area (Å²) in [5.41, 5.74) is 2.12. The minimum atomic E-state index is 0.112. The fraction of sp³-hybridized carbons (Fsp3) is 0.0588. The van der Waals surface area contributed by atoms with Crippen LogP contribution in [0, 0.1) is 0 Å². The third-order valence-electron chi connectivity index (χ3n) is 3.28. The molecule has 0 aliphatic carbocycles. The van der Waals surface area contributed by atoms with Crippen molar-refractivity contribution in [1.29, 1.82) is 0 Å². The van der Waals surface area contributed by atoms with E-state index in [9.17, 15) is 5.11 Å². The molecule has 0 unspecified atom stereocenters. The zero-order valence-corrected chi connectivity index (χ0v) is 11.6. The molecule has 0 aromatic heterocycles. The van der Waals surface area contributed by atoms with E-state index in [4.69, 9.17) is 11.6 Å². The van der Waals surface area contributed by atoms with Crippen molar-refractivity contribution in [1.82, 2.24) is 0 Å². The van der Waals surface area contributed by atoms with E-state index in [1.165, 1.54) is 10.8 Å². The Labute approximate surface area is 122 Å². The summed E-state index contributed by atoms with van der Waals surface area (Å²) in [7, 11) is 0. The van der Waals surface area contributed by atoms with E-state index in [2.05, 4.69) is 29.6 Å². The summed E-state index contributed by atoms with van der Waals surface area (Å²) in [4.78, 5) is 0. The summed E-state index contributed by atoms with van der Waals surface area (Å²) in [5, 5.41) is 15.6. The molecule has 0 fully saturated rings. The number of halogens is 1. The predicted molar refractivity (Wildman–Crippen MR) is 84.4 cm³/mol. The Morgan fingerprint density at radius 2 is 1.75 bits per heavy atom. The van der Waals surface area contributed by atoms with Crippen LogP contribution in [0.3, 0.4) is 0 Å². The molecule has 100 valence electrons. The number of nitrogens with one attached hydrogen (secondary N) is 1. The number of hydrogen-bond donors (Lipinski definition) is 2. The Morgan fingerprint density at radius 1 is 0.950 bits per heavy atom. The highest BCUT2D eigenvalue weighted by molar-refractivity contribution is 6.32. The first-order chi connectivity index (χ1) is 9.74. The van der Waals surface area contributed by atoms with Crippen LogP contribution in [0.2, 0.25) is 5.02 Å². The van der Waals surface area contributed by atoms with Crippen LogP contribution in [0.15, 0.2) is 60.7 Å². The van der Waals surface area contributed by atoms with Crippen LogP contribution in [-0.4, -0.2) is 5.11 Å². The molecule has 0 aliphatic rings. The lowest BCUT2D eigenvalue weighted by Crippen LogP contribution is -1.99. The van der Waals surface area contributed by atoms with Crippen LogP contribution >= 0.6 is 11.6 Å². The van der Waals surface area contributed by atoms with Crippen LogP contribution in [0.25, 0.3) is 10.8 Å². The predicted octanol–water partition coefficient (Wildman–Crippen LogP) is 4.81. The molecule has 20 heavy (non-hydrogen) atoms. The number of hydrogen-bond acceptors (Lipinski definition) is 2. The number of benzene rings is 3. The molecule has 0 saturated heterocycles. The Morgan fingerprint density at radius 3 is 2.60 bits per heavy atom. The maximum absolute atomic E-state index is 9.42. The van der Waals surface area contributed by atoms with E-state index in [-0.39, 0.29) is 5.75 Å². The van der Waals surface area contributed by atoms with Gasteiger partial charge in [0.05, 0.1) is 5.02 Å². The van der Waals surface area contributed by atoms with Gasteiger partial charge in [-0.15, -0.1) is 0 Å².